The Balaban J connectivity index is 2.67. The Morgan fingerprint density at radius 2 is 1.04 bits per heavy atom. The highest BCUT2D eigenvalue weighted by Gasteiger charge is 2.21. The van der Waals surface area contributed by atoms with Gasteiger partial charge in [0.25, 0.3) is 20.2 Å². The Labute approximate surface area is 150 Å². The Morgan fingerprint density at radius 1 is 0.708 bits per heavy atom. The van der Waals surface area contributed by atoms with Crippen molar-refractivity contribution in [2.24, 2.45) is 0 Å². The van der Waals surface area contributed by atoms with Crippen molar-refractivity contribution in [1.82, 2.24) is 0 Å². The summed E-state index contributed by atoms with van der Waals surface area (Å²) < 4.78 is 56.5. The fourth-order valence-corrected chi connectivity index (χ4v) is 4.25. The zero-order chi connectivity index (χ0) is 18.1. The van der Waals surface area contributed by atoms with Crippen molar-refractivity contribution in [2.75, 3.05) is 14.2 Å². The molecule has 24 heavy (non-hydrogen) atoms. The van der Waals surface area contributed by atoms with E-state index in [0.717, 1.165) is 14.2 Å². The lowest BCUT2D eigenvalue weighted by molar-refractivity contribution is 0.396. The van der Waals surface area contributed by atoms with E-state index in [9.17, 15) is 16.8 Å². The molecule has 0 radical (unpaired) electrons. The summed E-state index contributed by atoms with van der Waals surface area (Å²) in [6, 6.07) is 8.41. The lowest BCUT2D eigenvalue weighted by Crippen LogP contribution is -2.05. The summed E-state index contributed by atoms with van der Waals surface area (Å²) in [4.78, 5) is -0.453. The fraction of sp³-hybridized carbons (Fsp3) is 0.143. The van der Waals surface area contributed by atoms with E-state index in [-0.39, 0.29) is 19.8 Å². The van der Waals surface area contributed by atoms with Crippen LogP contribution in [0, 0.1) is 0 Å². The van der Waals surface area contributed by atoms with Gasteiger partial charge < -0.3 is 0 Å². The second-order valence-corrected chi connectivity index (χ2v) is 8.71. The molecule has 0 bridgehead atoms. The van der Waals surface area contributed by atoms with Crippen LogP contribution in [0.15, 0.2) is 46.2 Å². The first-order valence-electron chi connectivity index (χ1n) is 6.33. The van der Waals surface area contributed by atoms with Crippen LogP contribution in [0.2, 0.25) is 10.0 Å². The first kappa shape index (κ1) is 19.2. The van der Waals surface area contributed by atoms with Crippen LogP contribution < -0.4 is 0 Å². The van der Waals surface area contributed by atoms with Gasteiger partial charge in [-0.25, -0.2) is 0 Å². The van der Waals surface area contributed by atoms with Crippen molar-refractivity contribution < 1.29 is 25.2 Å². The number of hydrogen-bond donors (Lipinski definition) is 0. The molecule has 0 fully saturated rings. The Kier molecular flexibility index (Phi) is 5.58. The minimum Gasteiger partial charge on any atom is -0.270 e. The van der Waals surface area contributed by atoms with Gasteiger partial charge in [-0.3, -0.25) is 8.37 Å². The number of benzene rings is 2. The minimum absolute atomic E-state index is 0.0145. The molecule has 0 unspecified atom stereocenters. The van der Waals surface area contributed by atoms with Crippen LogP contribution in [0.3, 0.4) is 0 Å². The molecule has 0 aromatic heterocycles. The molecule has 0 aliphatic carbocycles. The molecule has 0 aliphatic heterocycles. The van der Waals surface area contributed by atoms with Gasteiger partial charge in [-0.15, -0.1) is 0 Å². The van der Waals surface area contributed by atoms with Crippen molar-refractivity contribution >= 4 is 43.4 Å². The van der Waals surface area contributed by atoms with Gasteiger partial charge in [0, 0.05) is 0 Å². The van der Waals surface area contributed by atoms with Gasteiger partial charge in [0.1, 0.15) is 9.79 Å². The summed E-state index contributed by atoms with van der Waals surface area (Å²) in [5.74, 6) is 0. The standard InChI is InChI=1S/C14H12Cl2O6S2/c1-21-23(17,18)13-7-9(3-5-11(13)15)10-4-6-12(16)14(8-10)24(19,20)22-2/h3-8H,1-2H3. The van der Waals surface area contributed by atoms with Gasteiger partial charge in [-0.2, -0.15) is 16.8 Å². The van der Waals surface area contributed by atoms with E-state index in [4.69, 9.17) is 23.2 Å². The summed E-state index contributed by atoms with van der Waals surface area (Å²) in [5, 5.41) is -0.0291. The monoisotopic (exact) mass is 410 g/mol. The molecule has 2 aromatic carbocycles. The first-order valence-corrected chi connectivity index (χ1v) is 9.90. The van der Waals surface area contributed by atoms with Crippen molar-refractivity contribution in [3.05, 3.63) is 46.4 Å². The molecule has 0 amide bonds. The third kappa shape index (κ3) is 3.74. The van der Waals surface area contributed by atoms with Crippen LogP contribution >= 0.6 is 23.2 Å². The molecule has 2 aromatic rings. The molecule has 130 valence electrons. The molecular formula is C14H12Cl2O6S2. The Bertz CT molecular complexity index is 903. The van der Waals surface area contributed by atoms with Gasteiger partial charge in [0.05, 0.1) is 24.3 Å². The molecule has 0 atom stereocenters. The maximum Gasteiger partial charge on any atom is 0.298 e. The minimum atomic E-state index is -4.01. The highest BCUT2D eigenvalue weighted by Crippen LogP contribution is 2.32. The zero-order valence-corrected chi connectivity index (χ0v) is 15.6. The van der Waals surface area contributed by atoms with E-state index in [0.29, 0.717) is 11.1 Å². The van der Waals surface area contributed by atoms with Crippen LogP contribution in [0.4, 0.5) is 0 Å². The first-order chi connectivity index (χ1) is 11.1. The van der Waals surface area contributed by atoms with Crippen LogP contribution in [0.1, 0.15) is 0 Å². The van der Waals surface area contributed by atoms with Crippen LogP contribution in [-0.4, -0.2) is 31.1 Å². The SMILES string of the molecule is COS(=O)(=O)c1cc(-c2ccc(Cl)c(S(=O)(=O)OC)c2)ccc1Cl. The quantitative estimate of drug-likeness (QED) is 0.702. The predicted octanol–water partition coefficient (Wildman–Crippen LogP) is 3.33. The highest BCUT2D eigenvalue weighted by atomic mass is 35.5. The maximum atomic E-state index is 11.9. The molecule has 10 heteroatoms. The zero-order valence-electron chi connectivity index (χ0n) is 12.5. The van der Waals surface area contributed by atoms with Crippen molar-refractivity contribution in [2.45, 2.75) is 9.79 Å². The van der Waals surface area contributed by atoms with Gasteiger partial charge in [-0.1, -0.05) is 35.3 Å². The summed E-state index contributed by atoms with van der Waals surface area (Å²) in [6.45, 7) is 0. The van der Waals surface area contributed by atoms with E-state index in [1.807, 2.05) is 0 Å². The smallest absolute Gasteiger partial charge is 0.270 e. The number of halogens is 2. The Morgan fingerprint density at radius 3 is 1.33 bits per heavy atom. The average Bonchev–Trinajstić information content (AvgIpc) is 2.55. The lowest BCUT2D eigenvalue weighted by Gasteiger charge is -2.10. The van der Waals surface area contributed by atoms with E-state index in [1.165, 1.54) is 24.3 Å². The maximum absolute atomic E-state index is 11.9. The number of rotatable bonds is 5. The molecule has 0 N–H and O–H groups in total. The van der Waals surface area contributed by atoms with E-state index < -0.39 is 20.2 Å². The molecule has 0 heterocycles. The lowest BCUT2D eigenvalue weighted by atomic mass is 10.1. The van der Waals surface area contributed by atoms with Crippen LogP contribution in [0.5, 0.6) is 0 Å². The van der Waals surface area contributed by atoms with Crippen molar-refractivity contribution in [1.29, 1.82) is 0 Å². The predicted molar refractivity (Wildman–Crippen MR) is 90.3 cm³/mol. The van der Waals surface area contributed by atoms with Crippen molar-refractivity contribution in [3.8, 4) is 11.1 Å². The molecule has 6 nitrogen and oxygen atoms in total. The molecule has 0 spiro atoms. The average molecular weight is 411 g/mol. The van der Waals surface area contributed by atoms with E-state index in [2.05, 4.69) is 8.37 Å². The second kappa shape index (κ2) is 6.99. The molecule has 0 saturated carbocycles. The molecular weight excluding hydrogens is 399 g/mol. The fourth-order valence-electron chi connectivity index (χ4n) is 1.93. The third-order valence-corrected chi connectivity index (χ3v) is 6.69. The van der Waals surface area contributed by atoms with Gasteiger partial charge in [0.15, 0.2) is 0 Å². The highest BCUT2D eigenvalue weighted by molar-refractivity contribution is 7.87. The van der Waals surface area contributed by atoms with Crippen LogP contribution in [0.25, 0.3) is 11.1 Å². The summed E-state index contributed by atoms with van der Waals surface area (Å²) in [5.41, 5.74) is 0.832. The Hall–Kier alpha value is -1.16. The molecule has 2 rings (SSSR count). The van der Waals surface area contributed by atoms with Gasteiger partial charge >= 0.3 is 0 Å². The van der Waals surface area contributed by atoms with Crippen LogP contribution in [-0.2, 0) is 28.6 Å². The van der Waals surface area contributed by atoms with E-state index in [1.54, 1.807) is 12.1 Å². The number of hydrogen-bond acceptors (Lipinski definition) is 6. The summed E-state index contributed by atoms with van der Waals surface area (Å²) in [7, 11) is -5.99. The van der Waals surface area contributed by atoms with Gasteiger partial charge in [-0.05, 0) is 35.4 Å². The summed E-state index contributed by atoms with van der Waals surface area (Å²) >= 11 is 11.8. The molecule has 0 saturated heterocycles. The third-order valence-electron chi connectivity index (χ3n) is 3.17. The van der Waals surface area contributed by atoms with Crippen molar-refractivity contribution in [3.63, 3.8) is 0 Å². The normalized spacial score (nSPS) is 12.3. The topological polar surface area (TPSA) is 86.7 Å². The van der Waals surface area contributed by atoms with Gasteiger partial charge in [0.2, 0.25) is 0 Å². The largest absolute Gasteiger partial charge is 0.298 e. The summed E-state index contributed by atoms with van der Waals surface area (Å²) in [6.07, 6.45) is 0. The molecule has 0 aliphatic rings. The second-order valence-electron chi connectivity index (χ2n) is 4.53. The van der Waals surface area contributed by atoms with E-state index >= 15 is 0 Å².